The number of methoxy groups -OCH3 is 1. The van der Waals surface area contributed by atoms with Crippen molar-refractivity contribution < 1.29 is 28.7 Å². The average molecular weight is 477 g/mol. The van der Waals surface area contributed by atoms with E-state index in [1.165, 1.54) is 25.3 Å². The molecule has 0 aromatic heterocycles. The highest BCUT2D eigenvalue weighted by atomic mass is 35.5. The smallest absolute Gasteiger partial charge is 0.273 e. The summed E-state index contributed by atoms with van der Waals surface area (Å²) in [5.74, 6) is 0.906. The Morgan fingerprint density at radius 2 is 2.12 bits per heavy atom. The van der Waals surface area contributed by atoms with Crippen LogP contribution in [0.4, 0.5) is 5.69 Å². The first kappa shape index (κ1) is 23.1. The van der Waals surface area contributed by atoms with Gasteiger partial charge in [-0.15, -0.1) is 0 Å². The number of amides is 1. The van der Waals surface area contributed by atoms with E-state index in [2.05, 4.69) is 0 Å². The summed E-state index contributed by atoms with van der Waals surface area (Å²) in [6.45, 7) is 3.36. The van der Waals surface area contributed by atoms with Gasteiger partial charge in [0.15, 0.2) is 11.5 Å². The molecule has 0 saturated carbocycles. The fourth-order valence-electron chi connectivity index (χ4n) is 4.23. The van der Waals surface area contributed by atoms with Crippen LogP contribution in [0.25, 0.3) is 0 Å². The largest absolute Gasteiger partial charge is 0.491 e. The summed E-state index contributed by atoms with van der Waals surface area (Å²) in [5.41, 5.74) is 0.607. The maximum Gasteiger partial charge on any atom is 0.273 e. The van der Waals surface area contributed by atoms with Crippen LogP contribution in [-0.2, 0) is 9.53 Å². The van der Waals surface area contributed by atoms with Gasteiger partial charge in [-0.3, -0.25) is 14.9 Å². The molecule has 0 N–H and O–H groups in total. The lowest BCUT2D eigenvalue weighted by molar-refractivity contribution is -0.385. The van der Waals surface area contributed by atoms with Crippen LogP contribution in [0.15, 0.2) is 36.4 Å². The molecule has 33 heavy (non-hydrogen) atoms. The van der Waals surface area contributed by atoms with Gasteiger partial charge in [-0.2, -0.15) is 0 Å². The highest BCUT2D eigenvalue weighted by Gasteiger charge is 2.51. The van der Waals surface area contributed by atoms with Crippen LogP contribution >= 0.6 is 11.6 Å². The number of ether oxygens (including phenoxy) is 4. The maximum absolute atomic E-state index is 13.1. The molecule has 1 amide bonds. The Kier molecular flexibility index (Phi) is 6.90. The lowest BCUT2D eigenvalue weighted by Gasteiger charge is -2.47. The monoisotopic (exact) mass is 476 g/mol. The number of β-lactam (4-membered cyclic amide) rings is 1. The number of benzene rings is 2. The second kappa shape index (κ2) is 9.84. The molecule has 2 aliphatic rings. The zero-order chi connectivity index (χ0) is 23.5. The number of nitro groups is 1. The molecule has 0 unspecified atom stereocenters. The zero-order valence-electron chi connectivity index (χ0n) is 18.4. The molecule has 0 aliphatic carbocycles. The zero-order valence-corrected chi connectivity index (χ0v) is 19.1. The van der Waals surface area contributed by atoms with E-state index in [1.807, 2.05) is 6.92 Å². The summed E-state index contributed by atoms with van der Waals surface area (Å²) < 4.78 is 22.8. The van der Waals surface area contributed by atoms with Crippen LogP contribution in [0.3, 0.4) is 0 Å². The predicted octanol–water partition coefficient (Wildman–Crippen LogP) is 4.17. The topological polar surface area (TPSA) is 100 Å². The first-order valence-corrected chi connectivity index (χ1v) is 11.1. The van der Waals surface area contributed by atoms with Gasteiger partial charge in [-0.05, 0) is 43.5 Å². The molecular formula is C23H25ClN2O7. The van der Waals surface area contributed by atoms with Gasteiger partial charge in [0.05, 0.1) is 35.8 Å². The summed E-state index contributed by atoms with van der Waals surface area (Å²) in [4.78, 5) is 25.4. The minimum Gasteiger partial charge on any atom is -0.491 e. The van der Waals surface area contributed by atoms with Gasteiger partial charge in [0.1, 0.15) is 11.8 Å². The van der Waals surface area contributed by atoms with Crippen molar-refractivity contribution in [2.75, 3.05) is 26.9 Å². The molecule has 2 aromatic carbocycles. The molecule has 2 heterocycles. The summed E-state index contributed by atoms with van der Waals surface area (Å²) >= 11 is 6.46. The highest BCUT2D eigenvalue weighted by molar-refractivity contribution is 6.32. The van der Waals surface area contributed by atoms with Crippen LogP contribution in [-0.4, -0.2) is 54.8 Å². The Hall–Kier alpha value is -3.04. The minimum atomic E-state index is -0.868. The van der Waals surface area contributed by atoms with Crippen molar-refractivity contribution in [2.24, 2.45) is 0 Å². The van der Waals surface area contributed by atoms with E-state index >= 15 is 0 Å². The number of likely N-dealkylation sites (tertiary alicyclic amines) is 1. The van der Waals surface area contributed by atoms with Crippen molar-refractivity contribution in [2.45, 2.75) is 38.0 Å². The van der Waals surface area contributed by atoms with Gasteiger partial charge >= 0.3 is 0 Å². The van der Waals surface area contributed by atoms with Crippen LogP contribution in [0.5, 0.6) is 17.2 Å². The molecule has 2 aromatic rings. The minimum absolute atomic E-state index is 0.0460. The van der Waals surface area contributed by atoms with Crippen molar-refractivity contribution in [3.05, 3.63) is 57.1 Å². The van der Waals surface area contributed by atoms with E-state index in [-0.39, 0.29) is 23.4 Å². The van der Waals surface area contributed by atoms with Crippen molar-refractivity contribution in [3.8, 4) is 17.2 Å². The number of hydrogen-bond acceptors (Lipinski definition) is 7. The average Bonchev–Trinajstić information content (AvgIpc) is 3.31. The first-order chi connectivity index (χ1) is 15.9. The second-order valence-corrected chi connectivity index (χ2v) is 8.24. The molecule has 2 aliphatic heterocycles. The molecule has 0 bridgehead atoms. The van der Waals surface area contributed by atoms with Crippen molar-refractivity contribution in [3.63, 3.8) is 0 Å². The van der Waals surface area contributed by atoms with Crippen LogP contribution in [0.1, 0.15) is 31.4 Å². The molecule has 3 atom stereocenters. The Balaban J connectivity index is 1.67. The van der Waals surface area contributed by atoms with Gasteiger partial charge < -0.3 is 23.8 Å². The van der Waals surface area contributed by atoms with Crippen molar-refractivity contribution >= 4 is 23.2 Å². The number of hydrogen-bond donors (Lipinski definition) is 0. The number of rotatable bonds is 9. The number of non-ortho nitro benzene ring substituents is 1. The lowest BCUT2D eigenvalue weighted by Crippen LogP contribution is -2.62. The van der Waals surface area contributed by atoms with E-state index < -0.39 is 17.1 Å². The molecule has 0 spiro atoms. The van der Waals surface area contributed by atoms with E-state index in [0.717, 1.165) is 18.4 Å². The fourth-order valence-corrected chi connectivity index (χ4v) is 4.53. The standard InChI is InChI=1S/C23H25ClN2O7/c1-3-31-19-11-14(10-18(24)21(19)30-2)20-22(23(27)25(20)13-17-8-5-9-32-17)33-16-7-4-6-15(12-16)26(28)29/h4,6-7,10-12,17,20,22H,3,5,8-9,13H2,1-2H3/t17-,20+,22-/m0/s1. The summed E-state index contributed by atoms with van der Waals surface area (Å²) in [6, 6.07) is 8.83. The quantitative estimate of drug-likeness (QED) is 0.304. The van der Waals surface area contributed by atoms with Gasteiger partial charge in [0.25, 0.3) is 11.6 Å². The van der Waals surface area contributed by atoms with E-state index in [1.54, 1.807) is 23.1 Å². The molecular weight excluding hydrogens is 452 g/mol. The molecule has 4 rings (SSSR count). The van der Waals surface area contributed by atoms with Crippen molar-refractivity contribution in [1.82, 2.24) is 4.90 Å². The van der Waals surface area contributed by atoms with E-state index in [4.69, 9.17) is 30.5 Å². The van der Waals surface area contributed by atoms with Gasteiger partial charge in [-0.25, -0.2) is 0 Å². The fraction of sp³-hybridized carbons (Fsp3) is 0.435. The third-order valence-corrected chi connectivity index (χ3v) is 6.02. The van der Waals surface area contributed by atoms with Gasteiger partial charge in [-0.1, -0.05) is 17.7 Å². The van der Waals surface area contributed by atoms with Crippen LogP contribution < -0.4 is 14.2 Å². The summed E-state index contributed by atoms with van der Waals surface area (Å²) in [7, 11) is 1.51. The molecule has 10 heteroatoms. The second-order valence-electron chi connectivity index (χ2n) is 7.83. The molecule has 0 radical (unpaired) electrons. The number of nitro benzene ring substituents is 1. The van der Waals surface area contributed by atoms with Gasteiger partial charge in [0, 0.05) is 19.2 Å². The predicted molar refractivity (Wildman–Crippen MR) is 120 cm³/mol. The SMILES string of the molecule is CCOc1cc([C@@H]2[C@H](Oc3cccc([N+](=O)[O-])c3)C(=O)N2C[C@@H]2CCCO2)cc(Cl)c1OC. The normalized spacial score (nSPS) is 22.1. The van der Waals surface area contributed by atoms with Crippen LogP contribution in [0, 0.1) is 10.1 Å². The van der Waals surface area contributed by atoms with E-state index in [9.17, 15) is 14.9 Å². The summed E-state index contributed by atoms with van der Waals surface area (Å²) in [6.07, 6.45) is 0.913. The number of halogens is 1. The maximum atomic E-state index is 13.1. The number of carbonyl (C=O) groups is 1. The Bertz CT molecular complexity index is 1040. The lowest BCUT2D eigenvalue weighted by atomic mass is 9.89. The molecule has 2 fully saturated rings. The van der Waals surface area contributed by atoms with Gasteiger partial charge in [0.2, 0.25) is 6.10 Å². The highest BCUT2D eigenvalue weighted by Crippen LogP contribution is 2.44. The molecule has 9 nitrogen and oxygen atoms in total. The molecule has 2 saturated heterocycles. The van der Waals surface area contributed by atoms with Crippen molar-refractivity contribution in [1.29, 1.82) is 0 Å². The summed E-state index contributed by atoms with van der Waals surface area (Å²) in [5, 5.41) is 11.5. The number of carbonyl (C=O) groups excluding carboxylic acids is 1. The first-order valence-electron chi connectivity index (χ1n) is 10.8. The Labute approximate surface area is 196 Å². The Morgan fingerprint density at radius 1 is 1.30 bits per heavy atom. The third-order valence-electron chi connectivity index (χ3n) is 5.74. The Morgan fingerprint density at radius 3 is 2.79 bits per heavy atom. The van der Waals surface area contributed by atoms with E-state index in [0.29, 0.717) is 36.3 Å². The number of nitrogens with zero attached hydrogens (tertiary/aromatic N) is 2. The van der Waals surface area contributed by atoms with Crippen LogP contribution in [0.2, 0.25) is 5.02 Å². The molecule has 176 valence electrons. The third kappa shape index (κ3) is 4.69.